The van der Waals surface area contributed by atoms with E-state index in [1.165, 1.54) is 5.56 Å². The van der Waals surface area contributed by atoms with Gasteiger partial charge in [-0.2, -0.15) is 5.26 Å². The Kier molecular flexibility index (Phi) is 7.63. The first kappa shape index (κ1) is 22.3. The van der Waals surface area contributed by atoms with E-state index in [1.54, 1.807) is 21.9 Å². The summed E-state index contributed by atoms with van der Waals surface area (Å²) in [5, 5.41) is 11.8. The molecule has 3 amide bonds. The van der Waals surface area contributed by atoms with Gasteiger partial charge in [0.25, 0.3) is 0 Å². The number of likely N-dealkylation sites (N-methyl/N-ethyl adjacent to an activating group) is 1. The van der Waals surface area contributed by atoms with E-state index in [0.29, 0.717) is 31.7 Å². The lowest BCUT2D eigenvalue weighted by molar-refractivity contribution is -0.130. The molecule has 31 heavy (non-hydrogen) atoms. The van der Waals surface area contributed by atoms with Crippen molar-refractivity contribution >= 4 is 11.9 Å². The molecule has 0 aromatic heterocycles. The van der Waals surface area contributed by atoms with E-state index in [4.69, 9.17) is 5.26 Å². The first-order valence-electron chi connectivity index (χ1n) is 10.5. The number of rotatable bonds is 7. The molecule has 1 N–H and O–H groups in total. The normalized spacial score (nSPS) is 12.8. The lowest BCUT2D eigenvalue weighted by Crippen LogP contribution is -2.47. The van der Waals surface area contributed by atoms with Gasteiger partial charge in [0.15, 0.2) is 0 Å². The van der Waals surface area contributed by atoms with E-state index in [1.807, 2.05) is 49.3 Å². The summed E-state index contributed by atoms with van der Waals surface area (Å²) in [7, 11) is 3.92. The van der Waals surface area contributed by atoms with Crippen molar-refractivity contribution in [3.05, 3.63) is 70.8 Å². The Morgan fingerprint density at radius 1 is 1.06 bits per heavy atom. The molecule has 0 spiro atoms. The Morgan fingerprint density at radius 2 is 1.77 bits per heavy atom. The minimum atomic E-state index is -0.214. The first-order chi connectivity index (χ1) is 15.0. The van der Waals surface area contributed by atoms with Crippen LogP contribution in [0.4, 0.5) is 4.79 Å². The van der Waals surface area contributed by atoms with Crippen LogP contribution in [0.3, 0.4) is 0 Å². The summed E-state index contributed by atoms with van der Waals surface area (Å²) >= 11 is 0. The van der Waals surface area contributed by atoms with Crippen molar-refractivity contribution in [3.8, 4) is 6.07 Å². The van der Waals surface area contributed by atoms with Gasteiger partial charge in [-0.3, -0.25) is 4.79 Å². The highest BCUT2D eigenvalue weighted by Crippen LogP contribution is 2.18. The van der Waals surface area contributed by atoms with Gasteiger partial charge in [-0.15, -0.1) is 0 Å². The molecule has 0 atom stereocenters. The van der Waals surface area contributed by atoms with Crippen molar-refractivity contribution < 1.29 is 9.59 Å². The molecule has 0 unspecified atom stereocenters. The maximum absolute atomic E-state index is 12.9. The number of urea groups is 1. The summed E-state index contributed by atoms with van der Waals surface area (Å²) in [4.78, 5) is 31.0. The molecule has 0 radical (unpaired) electrons. The summed E-state index contributed by atoms with van der Waals surface area (Å²) in [6.45, 7) is 2.88. The number of amides is 3. The summed E-state index contributed by atoms with van der Waals surface area (Å²) in [5.74, 6) is -0.128. The van der Waals surface area contributed by atoms with Gasteiger partial charge in [0, 0.05) is 32.7 Å². The van der Waals surface area contributed by atoms with Crippen molar-refractivity contribution in [3.63, 3.8) is 0 Å². The predicted molar refractivity (Wildman–Crippen MR) is 119 cm³/mol. The van der Waals surface area contributed by atoms with Gasteiger partial charge in [-0.25, -0.2) is 4.79 Å². The molecule has 0 fully saturated rings. The third-order valence-electron chi connectivity index (χ3n) is 5.44. The molecule has 2 aromatic carbocycles. The number of nitrogens with one attached hydrogen (secondary N) is 1. The van der Waals surface area contributed by atoms with Gasteiger partial charge in [0.2, 0.25) is 5.91 Å². The molecular weight excluding hydrogens is 390 g/mol. The SMILES string of the molecule is CN(C)CCN(Cc1ccc(C#N)cc1)C(=O)CNC(=O)N1CCc2ccccc2C1. The first-order valence-corrected chi connectivity index (χ1v) is 10.5. The molecule has 0 bridgehead atoms. The van der Waals surface area contributed by atoms with Crippen LogP contribution < -0.4 is 5.32 Å². The Morgan fingerprint density at radius 3 is 2.45 bits per heavy atom. The number of hydrogen-bond donors (Lipinski definition) is 1. The molecule has 3 rings (SSSR count). The van der Waals surface area contributed by atoms with Gasteiger partial charge in [0.1, 0.15) is 0 Å². The molecule has 0 saturated heterocycles. The van der Waals surface area contributed by atoms with Crippen LogP contribution in [0.25, 0.3) is 0 Å². The van der Waals surface area contributed by atoms with E-state index < -0.39 is 0 Å². The molecule has 7 heteroatoms. The topological polar surface area (TPSA) is 79.7 Å². The molecule has 0 aliphatic carbocycles. The van der Waals surface area contributed by atoms with E-state index in [2.05, 4.69) is 17.5 Å². The summed E-state index contributed by atoms with van der Waals surface area (Å²) in [6.07, 6.45) is 0.825. The van der Waals surface area contributed by atoms with Crippen LogP contribution in [0.2, 0.25) is 0 Å². The number of benzene rings is 2. The number of nitriles is 1. The minimum absolute atomic E-state index is 0.0410. The maximum atomic E-state index is 12.9. The fourth-order valence-corrected chi connectivity index (χ4v) is 3.56. The quantitative estimate of drug-likeness (QED) is 0.746. The van der Waals surface area contributed by atoms with Crippen molar-refractivity contribution in [1.29, 1.82) is 5.26 Å². The largest absolute Gasteiger partial charge is 0.336 e. The van der Waals surface area contributed by atoms with Crippen LogP contribution in [0, 0.1) is 11.3 Å². The fraction of sp³-hybridized carbons (Fsp3) is 0.375. The van der Waals surface area contributed by atoms with Crippen LogP contribution >= 0.6 is 0 Å². The Labute approximate surface area is 183 Å². The van der Waals surface area contributed by atoms with Gasteiger partial charge >= 0.3 is 6.03 Å². The van der Waals surface area contributed by atoms with Gasteiger partial charge < -0.3 is 20.0 Å². The van der Waals surface area contributed by atoms with E-state index in [0.717, 1.165) is 24.1 Å². The average molecular weight is 420 g/mol. The van der Waals surface area contributed by atoms with Gasteiger partial charge in [0.05, 0.1) is 18.2 Å². The molecule has 1 heterocycles. The highest BCUT2D eigenvalue weighted by Gasteiger charge is 2.22. The van der Waals surface area contributed by atoms with Gasteiger partial charge in [-0.1, -0.05) is 36.4 Å². The predicted octanol–water partition coefficient (Wildman–Crippen LogP) is 2.22. The zero-order valence-electron chi connectivity index (χ0n) is 18.2. The third-order valence-corrected chi connectivity index (χ3v) is 5.44. The van der Waals surface area contributed by atoms with Crippen molar-refractivity contribution in [1.82, 2.24) is 20.0 Å². The molecule has 1 aliphatic heterocycles. The smallest absolute Gasteiger partial charge is 0.318 e. The number of fused-ring (bicyclic) bond motifs is 1. The van der Waals surface area contributed by atoms with Crippen LogP contribution in [-0.2, 0) is 24.3 Å². The van der Waals surface area contributed by atoms with Crippen LogP contribution in [0.5, 0.6) is 0 Å². The van der Waals surface area contributed by atoms with E-state index in [9.17, 15) is 9.59 Å². The van der Waals surface area contributed by atoms with Crippen LogP contribution in [0.1, 0.15) is 22.3 Å². The summed E-state index contributed by atoms with van der Waals surface area (Å²) in [5.41, 5.74) is 3.97. The zero-order valence-corrected chi connectivity index (χ0v) is 18.2. The number of carbonyl (C=O) groups is 2. The monoisotopic (exact) mass is 419 g/mol. The third kappa shape index (κ3) is 6.30. The molecule has 1 aliphatic rings. The van der Waals surface area contributed by atoms with Crippen molar-refractivity contribution in [2.75, 3.05) is 40.3 Å². The highest BCUT2D eigenvalue weighted by molar-refractivity contribution is 5.84. The fourth-order valence-electron chi connectivity index (χ4n) is 3.56. The molecule has 162 valence electrons. The second-order valence-corrected chi connectivity index (χ2v) is 8.03. The second kappa shape index (κ2) is 10.6. The number of nitrogens with zero attached hydrogens (tertiary/aromatic N) is 4. The lowest BCUT2D eigenvalue weighted by Gasteiger charge is -2.29. The zero-order chi connectivity index (χ0) is 22.2. The summed E-state index contributed by atoms with van der Waals surface area (Å²) in [6, 6.07) is 17.2. The van der Waals surface area contributed by atoms with Crippen molar-refractivity contribution in [2.45, 2.75) is 19.5 Å². The number of hydrogen-bond acceptors (Lipinski definition) is 4. The summed E-state index contributed by atoms with van der Waals surface area (Å²) < 4.78 is 0. The number of carbonyl (C=O) groups excluding carboxylic acids is 2. The maximum Gasteiger partial charge on any atom is 0.318 e. The van der Waals surface area contributed by atoms with Gasteiger partial charge in [-0.05, 0) is 49.3 Å². The van der Waals surface area contributed by atoms with Crippen LogP contribution in [-0.4, -0.2) is 66.9 Å². The Balaban J connectivity index is 1.57. The molecule has 0 saturated carbocycles. The Hall–Kier alpha value is -3.37. The van der Waals surface area contributed by atoms with E-state index in [-0.39, 0.29) is 18.5 Å². The van der Waals surface area contributed by atoms with Crippen LogP contribution in [0.15, 0.2) is 48.5 Å². The lowest BCUT2D eigenvalue weighted by atomic mass is 10.0. The van der Waals surface area contributed by atoms with Crippen molar-refractivity contribution in [2.24, 2.45) is 0 Å². The Bertz CT molecular complexity index is 949. The average Bonchev–Trinajstić information content (AvgIpc) is 2.79. The molecule has 2 aromatic rings. The molecule has 7 nitrogen and oxygen atoms in total. The molecular formula is C24H29N5O2. The second-order valence-electron chi connectivity index (χ2n) is 8.03. The highest BCUT2D eigenvalue weighted by atomic mass is 16.2. The standard InChI is InChI=1S/C24H29N5O2/c1-27(2)13-14-28(17-20-9-7-19(15-25)8-10-20)23(30)16-26-24(31)29-12-11-21-5-3-4-6-22(21)18-29/h3-10H,11-14,16-18H2,1-2H3,(H,26,31). The minimum Gasteiger partial charge on any atom is -0.336 e. The van der Waals surface area contributed by atoms with E-state index >= 15 is 0 Å².